The molecule has 0 saturated carbocycles. The lowest BCUT2D eigenvalue weighted by Crippen LogP contribution is -2.34. The number of phenolic OH excluding ortho intramolecular Hbond substituents is 2. The third-order valence-electron chi connectivity index (χ3n) is 5.24. The SMILES string of the molecule is O=C1OC2(c3cc(I)c(O)cc3Oc3c2cc(I)c(O)c3I)c2c(Cl)c(Cl)c(Cl)c(Cl)c21. The van der Waals surface area contributed by atoms with E-state index in [9.17, 15) is 15.0 Å². The Morgan fingerprint density at radius 3 is 2.16 bits per heavy atom. The summed E-state index contributed by atoms with van der Waals surface area (Å²) in [5.41, 5.74) is -0.570. The zero-order valence-electron chi connectivity index (χ0n) is 15.0. The van der Waals surface area contributed by atoms with Gasteiger partial charge in [0.15, 0.2) is 11.4 Å². The third-order valence-corrected chi connectivity index (χ3v) is 9.73. The number of carbonyl (C=O) groups is 1. The van der Waals surface area contributed by atoms with Crippen molar-refractivity contribution in [3.05, 3.63) is 71.3 Å². The lowest BCUT2D eigenvalue weighted by atomic mass is 9.77. The average molecular weight is 848 g/mol. The van der Waals surface area contributed by atoms with Crippen LogP contribution in [-0.2, 0) is 10.3 Å². The van der Waals surface area contributed by atoms with Gasteiger partial charge in [-0.15, -0.1) is 0 Å². The Morgan fingerprint density at radius 2 is 1.47 bits per heavy atom. The summed E-state index contributed by atoms with van der Waals surface area (Å²) in [5.74, 6) is -0.314. The molecule has 0 radical (unpaired) electrons. The highest BCUT2D eigenvalue weighted by Gasteiger charge is 2.57. The molecule has 0 fully saturated rings. The summed E-state index contributed by atoms with van der Waals surface area (Å²) >= 11 is 31.6. The number of phenols is 2. The standard InChI is InChI=1S/C20H5Cl4I3O5/c21-12-10-11(13(22)15(24)14(12)23)20(32-19(10)30)4-1-6(25)8(28)3-9(4)31-18-5(20)2-7(26)17(29)16(18)27/h1-3,28-29H. The van der Waals surface area contributed by atoms with Crippen LogP contribution in [0.5, 0.6) is 23.0 Å². The Balaban J connectivity index is 2.03. The summed E-state index contributed by atoms with van der Waals surface area (Å²) in [7, 11) is 0. The fourth-order valence-corrected chi connectivity index (χ4v) is 7.20. The van der Waals surface area contributed by atoms with Crippen molar-refractivity contribution in [3.8, 4) is 23.0 Å². The van der Waals surface area contributed by atoms with E-state index in [1.165, 1.54) is 6.07 Å². The number of halogens is 7. The minimum Gasteiger partial charge on any atom is -0.507 e. The highest BCUT2D eigenvalue weighted by atomic mass is 127. The quantitative estimate of drug-likeness (QED) is 0.104. The van der Waals surface area contributed by atoms with Gasteiger partial charge in [-0.1, -0.05) is 46.4 Å². The van der Waals surface area contributed by atoms with Crippen LogP contribution in [0.4, 0.5) is 0 Å². The molecule has 0 bridgehead atoms. The Hall–Kier alpha value is -0.120. The average Bonchev–Trinajstić information content (AvgIpc) is 3.05. The number of aromatic hydroxyl groups is 2. The minimum absolute atomic E-state index is 0.00102. The molecule has 0 aliphatic carbocycles. The fraction of sp³-hybridized carbons (Fsp3) is 0.0500. The van der Waals surface area contributed by atoms with Gasteiger partial charge in [-0.3, -0.25) is 0 Å². The maximum absolute atomic E-state index is 13.2. The van der Waals surface area contributed by atoms with Gasteiger partial charge in [0.05, 0.1) is 41.9 Å². The summed E-state index contributed by atoms with van der Waals surface area (Å²) in [6.45, 7) is 0. The van der Waals surface area contributed by atoms with Gasteiger partial charge < -0.3 is 19.7 Å². The number of hydrogen-bond donors (Lipinski definition) is 2. The summed E-state index contributed by atoms with van der Waals surface area (Å²) in [6.07, 6.45) is 0. The van der Waals surface area contributed by atoms with Gasteiger partial charge in [-0.2, -0.15) is 0 Å². The lowest BCUT2D eigenvalue weighted by molar-refractivity contribution is 0.0223. The Kier molecular flexibility index (Phi) is 5.87. The van der Waals surface area contributed by atoms with Crippen LogP contribution in [0.3, 0.4) is 0 Å². The molecule has 2 aliphatic heterocycles. The van der Waals surface area contributed by atoms with Crippen LogP contribution in [0.1, 0.15) is 27.0 Å². The first kappa shape index (κ1) is 23.6. The monoisotopic (exact) mass is 846 g/mol. The highest BCUT2D eigenvalue weighted by Crippen LogP contribution is 2.62. The van der Waals surface area contributed by atoms with E-state index >= 15 is 0 Å². The molecule has 0 saturated heterocycles. The highest BCUT2D eigenvalue weighted by molar-refractivity contribution is 14.1. The summed E-state index contributed by atoms with van der Waals surface area (Å²) in [4.78, 5) is 13.2. The number of hydrogen-bond acceptors (Lipinski definition) is 5. The predicted octanol–water partition coefficient (Wildman–Crippen LogP) is 8.09. The van der Waals surface area contributed by atoms with E-state index in [2.05, 4.69) is 0 Å². The van der Waals surface area contributed by atoms with Gasteiger partial charge in [0.25, 0.3) is 0 Å². The Bertz CT molecular complexity index is 1410. The number of benzene rings is 3. The smallest absolute Gasteiger partial charge is 0.341 e. The normalized spacial score (nSPS) is 18.2. The van der Waals surface area contributed by atoms with Crippen molar-refractivity contribution in [1.29, 1.82) is 0 Å². The van der Waals surface area contributed by atoms with E-state index in [1.54, 1.807) is 12.1 Å². The van der Waals surface area contributed by atoms with E-state index in [4.69, 9.17) is 55.9 Å². The van der Waals surface area contributed by atoms with Crippen LogP contribution in [0.2, 0.25) is 20.1 Å². The van der Waals surface area contributed by atoms with Crippen LogP contribution >= 0.6 is 114 Å². The molecule has 2 heterocycles. The number of carbonyl (C=O) groups excluding carboxylic acids is 1. The molecule has 0 aromatic heterocycles. The number of rotatable bonds is 0. The molecule has 1 atom stereocenters. The van der Waals surface area contributed by atoms with Crippen molar-refractivity contribution in [1.82, 2.24) is 0 Å². The molecule has 32 heavy (non-hydrogen) atoms. The second-order valence-corrected chi connectivity index (χ2v) is 11.8. The molecule has 5 nitrogen and oxygen atoms in total. The van der Waals surface area contributed by atoms with Crippen molar-refractivity contribution in [2.24, 2.45) is 0 Å². The van der Waals surface area contributed by atoms with Gasteiger partial charge in [0.1, 0.15) is 17.2 Å². The third kappa shape index (κ3) is 3.02. The van der Waals surface area contributed by atoms with Crippen LogP contribution < -0.4 is 4.74 Å². The molecule has 3 aromatic carbocycles. The molecular formula is C20H5Cl4I3O5. The molecule has 2 aliphatic rings. The number of fused-ring (bicyclic) bond motifs is 6. The number of ether oxygens (including phenoxy) is 2. The van der Waals surface area contributed by atoms with E-state index in [1.807, 2.05) is 67.8 Å². The first-order valence-corrected chi connectivity index (χ1v) is 13.3. The Labute approximate surface area is 241 Å². The molecular weight excluding hydrogens is 843 g/mol. The molecule has 164 valence electrons. The molecule has 1 spiro atoms. The first-order valence-electron chi connectivity index (χ1n) is 8.52. The van der Waals surface area contributed by atoms with Gasteiger partial charge in [-0.05, 0) is 79.9 Å². The minimum atomic E-state index is -1.61. The largest absolute Gasteiger partial charge is 0.507 e. The first-order chi connectivity index (χ1) is 15.0. The summed E-state index contributed by atoms with van der Waals surface area (Å²) in [6, 6.07) is 4.69. The van der Waals surface area contributed by atoms with Gasteiger partial charge in [-0.25, -0.2) is 4.79 Å². The van der Waals surface area contributed by atoms with Crippen LogP contribution in [-0.4, -0.2) is 16.2 Å². The summed E-state index contributed by atoms with van der Waals surface area (Å²) in [5, 5.41) is 20.7. The molecule has 1 unspecified atom stereocenters. The van der Waals surface area contributed by atoms with E-state index in [-0.39, 0.29) is 54.2 Å². The van der Waals surface area contributed by atoms with Crippen molar-refractivity contribution in [2.75, 3.05) is 0 Å². The van der Waals surface area contributed by atoms with Crippen LogP contribution in [0, 0.1) is 10.7 Å². The lowest BCUT2D eigenvalue weighted by Gasteiger charge is -2.37. The zero-order valence-corrected chi connectivity index (χ0v) is 24.5. The fourth-order valence-electron chi connectivity index (χ4n) is 3.88. The molecule has 5 rings (SSSR count). The maximum Gasteiger partial charge on any atom is 0.341 e. The molecule has 0 amide bonds. The Morgan fingerprint density at radius 1 is 0.844 bits per heavy atom. The second kappa shape index (κ2) is 7.95. The van der Waals surface area contributed by atoms with Crippen molar-refractivity contribution in [2.45, 2.75) is 5.60 Å². The van der Waals surface area contributed by atoms with Crippen LogP contribution in [0.25, 0.3) is 0 Å². The predicted molar refractivity (Wildman–Crippen MR) is 146 cm³/mol. The molecule has 3 aromatic rings. The van der Waals surface area contributed by atoms with Crippen molar-refractivity contribution >= 4 is 120 Å². The van der Waals surface area contributed by atoms with E-state index < -0.39 is 11.6 Å². The van der Waals surface area contributed by atoms with Crippen molar-refractivity contribution in [3.63, 3.8) is 0 Å². The van der Waals surface area contributed by atoms with E-state index in [0.717, 1.165) is 0 Å². The molecule has 12 heteroatoms. The van der Waals surface area contributed by atoms with Gasteiger partial charge in [0.2, 0.25) is 0 Å². The summed E-state index contributed by atoms with van der Waals surface area (Å²) < 4.78 is 13.5. The van der Waals surface area contributed by atoms with Crippen LogP contribution in [0.15, 0.2) is 18.2 Å². The van der Waals surface area contributed by atoms with Gasteiger partial charge >= 0.3 is 5.97 Å². The molecule has 2 N–H and O–H groups in total. The maximum atomic E-state index is 13.2. The van der Waals surface area contributed by atoms with Crippen molar-refractivity contribution < 1.29 is 24.5 Å². The van der Waals surface area contributed by atoms with E-state index in [0.29, 0.717) is 21.8 Å². The zero-order chi connectivity index (χ0) is 23.3. The number of esters is 1. The topological polar surface area (TPSA) is 76.0 Å². The van der Waals surface area contributed by atoms with Gasteiger partial charge in [0, 0.05) is 17.2 Å². The second-order valence-electron chi connectivity index (χ2n) is 6.88.